The minimum atomic E-state index is -2.65. The summed E-state index contributed by atoms with van der Waals surface area (Å²) in [5.41, 5.74) is 1.78. The van der Waals surface area contributed by atoms with E-state index in [0.717, 1.165) is 27.5 Å². The van der Waals surface area contributed by atoms with Crippen LogP contribution in [0.15, 0.2) is 70.4 Å². The van der Waals surface area contributed by atoms with Gasteiger partial charge in [-0.05, 0) is 52.1 Å². The van der Waals surface area contributed by atoms with E-state index in [0.29, 0.717) is 11.4 Å². The molecule has 0 fully saturated rings. The molecule has 0 bridgehead atoms. The second-order valence-electron chi connectivity index (χ2n) is 8.82. The van der Waals surface area contributed by atoms with Crippen LogP contribution in [0.4, 0.5) is 0 Å². The second kappa shape index (κ2) is 8.92. The molecule has 0 spiro atoms. The van der Waals surface area contributed by atoms with Crippen LogP contribution in [0.25, 0.3) is 27.6 Å². The van der Waals surface area contributed by atoms with Crippen molar-refractivity contribution in [1.82, 2.24) is 9.55 Å². The van der Waals surface area contributed by atoms with E-state index in [1.165, 1.54) is 16.8 Å². The summed E-state index contributed by atoms with van der Waals surface area (Å²) in [5.74, 6) is 0.899. The summed E-state index contributed by atoms with van der Waals surface area (Å²) < 4.78 is 33.6. The van der Waals surface area contributed by atoms with Gasteiger partial charge < -0.3 is 13.5 Å². The molecular weight excluding hydrogens is 456 g/mol. The Kier molecular flexibility index (Phi) is 6.16. The average Bonchev–Trinajstić information content (AvgIpc) is 2.77. The highest BCUT2D eigenvalue weighted by Crippen LogP contribution is 2.41. The van der Waals surface area contributed by atoms with Crippen LogP contribution in [0.5, 0.6) is 11.5 Å². The van der Waals surface area contributed by atoms with Gasteiger partial charge in [-0.15, -0.1) is 0 Å². The molecule has 1 heterocycles. The lowest BCUT2D eigenvalue weighted by molar-refractivity contribution is 0.399. The van der Waals surface area contributed by atoms with Crippen molar-refractivity contribution in [2.75, 3.05) is 7.11 Å². The summed E-state index contributed by atoms with van der Waals surface area (Å²) in [6, 6.07) is 15.7. The van der Waals surface area contributed by atoms with E-state index >= 15 is 0 Å². The third-order valence-corrected chi connectivity index (χ3v) is 5.80. The van der Waals surface area contributed by atoms with Crippen molar-refractivity contribution in [3.8, 4) is 28.3 Å². The van der Waals surface area contributed by atoms with E-state index in [9.17, 15) is 18.4 Å². The summed E-state index contributed by atoms with van der Waals surface area (Å²) in [6.07, 6.45) is 1.45. The summed E-state index contributed by atoms with van der Waals surface area (Å²) in [5, 5.41) is 1.67. The first-order valence-electron chi connectivity index (χ1n) is 10.4. The summed E-state index contributed by atoms with van der Waals surface area (Å²) in [4.78, 5) is 26.4. The van der Waals surface area contributed by atoms with Gasteiger partial charge in [0.15, 0.2) is 0 Å². The van der Waals surface area contributed by atoms with Crippen molar-refractivity contribution in [3.63, 3.8) is 0 Å². The zero-order valence-corrected chi connectivity index (χ0v) is 19.9. The number of hydrogen-bond donors (Lipinski definition) is 1. The molecule has 0 saturated heterocycles. The number of ether oxygens (including phenoxy) is 1. The number of nitrogens with zero attached hydrogens (tertiary/aromatic N) is 1. The molecule has 0 aliphatic heterocycles. The molecule has 0 aliphatic rings. The summed E-state index contributed by atoms with van der Waals surface area (Å²) in [7, 11) is 1.60. The molecule has 1 atom stereocenters. The predicted molar refractivity (Wildman–Crippen MR) is 130 cm³/mol. The van der Waals surface area contributed by atoms with Crippen LogP contribution in [0.1, 0.15) is 26.3 Å². The SMILES string of the molecule is COc1c(-c2ccc3cc(OS(=O)[O-])ccc3c2)cc(-n2ccc(=O)[nH]c2=O)cc1C(C)(C)C. The van der Waals surface area contributed by atoms with E-state index in [4.69, 9.17) is 8.92 Å². The number of fused-ring (bicyclic) bond motifs is 1. The summed E-state index contributed by atoms with van der Waals surface area (Å²) in [6.45, 7) is 6.15. The predicted octanol–water partition coefficient (Wildman–Crippen LogP) is 3.83. The van der Waals surface area contributed by atoms with E-state index in [1.54, 1.807) is 25.3 Å². The van der Waals surface area contributed by atoms with Gasteiger partial charge in [0, 0.05) is 23.4 Å². The largest absolute Gasteiger partial charge is 0.740 e. The van der Waals surface area contributed by atoms with Crippen molar-refractivity contribution < 1.29 is 17.7 Å². The first-order valence-corrected chi connectivity index (χ1v) is 11.4. The Morgan fingerprint density at radius 2 is 1.68 bits per heavy atom. The smallest absolute Gasteiger partial charge is 0.332 e. The van der Waals surface area contributed by atoms with Crippen LogP contribution in [-0.2, 0) is 16.8 Å². The molecule has 176 valence electrons. The molecule has 34 heavy (non-hydrogen) atoms. The monoisotopic (exact) mass is 479 g/mol. The molecule has 0 amide bonds. The van der Waals surface area contributed by atoms with Crippen molar-refractivity contribution in [3.05, 3.63) is 87.2 Å². The van der Waals surface area contributed by atoms with Crippen LogP contribution in [0.2, 0.25) is 0 Å². The van der Waals surface area contributed by atoms with Gasteiger partial charge in [0.2, 0.25) is 0 Å². The van der Waals surface area contributed by atoms with Gasteiger partial charge in [-0.25, -0.2) is 9.00 Å². The van der Waals surface area contributed by atoms with Crippen LogP contribution in [0, 0.1) is 0 Å². The topological polar surface area (TPSA) is 113 Å². The number of methoxy groups -OCH3 is 1. The zero-order valence-electron chi connectivity index (χ0n) is 19.1. The first kappa shape index (κ1) is 23.5. The number of aromatic nitrogens is 2. The summed E-state index contributed by atoms with van der Waals surface area (Å²) >= 11 is -2.65. The van der Waals surface area contributed by atoms with E-state index in [2.05, 4.69) is 25.8 Å². The Labute approximate surface area is 198 Å². The van der Waals surface area contributed by atoms with E-state index < -0.39 is 22.6 Å². The van der Waals surface area contributed by atoms with Crippen LogP contribution >= 0.6 is 0 Å². The van der Waals surface area contributed by atoms with Gasteiger partial charge in [-0.3, -0.25) is 14.3 Å². The fourth-order valence-electron chi connectivity index (χ4n) is 3.89. The molecule has 0 radical (unpaired) electrons. The molecule has 0 aliphatic carbocycles. The number of H-pyrrole nitrogens is 1. The molecule has 4 rings (SSSR count). The molecule has 1 aromatic heterocycles. The molecule has 0 saturated carbocycles. The molecule has 3 aromatic carbocycles. The Morgan fingerprint density at radius 1 is 0.971 bits per heavy atom. The average molecular weight is 480 g/mol. The number of nitrogens with one attached hydrogen (secondary N) is 1. The third kappa shape index (κ3) is 4.66. The van der Waals surface area contributed by atoms with Crippen LogP contribution < -0.4 is 20.2 Å². The maximum absolute atomic E-state index is 12.5. The normalized spacial score (nSPS) is 12.5. The van der Waals surface area contributed by atoms with Crippen molar-refractivity contribution in [2.45, 2.75) is 26.2 Å². The lowest BCUT2D eigenvalue weighted by Crippen LogP contribution is -2.27. The van der Waals surface area contributed by atoms with Gasteiger partial charge in [-0.1, -0.05) is 39.0 Å². The van der Waals surface area contributed by atoms with Gasteiger partial charge in [0.1, 0.15) is 22.9 Å². The molecule has 4 aromatic rings. The Hall–Kier alpha value is -3.69. The lowest BCUT2D eigenvalue weighted by Gasteiger charge is -2.25. The zero-order chi connectivity index (χ0) is 24.6. The number of rotatable bonds is 5. The maximum atomic E-state index is 12.5. The number of benzene rings is 3. The highest BCUT2D eigenvalue weighted by atomic mass is 32.2. The van der Waals surface area contributed by atoms with E-state index in [1.807, 2.05) is 30.3 Å². The van der Waals surface area contributed by atoms with Gasteiger partial charge in [0.25, 0.3) is 5.56 Å². The second-order valence-corrected chi connectivity index (χ2v) is 9.39. The Morgan fingerprint density at radius 3 is 2.32 bits per heavy atom. The van der Waals surface area contributed by atoms with E-state index in [-0.39, 0.29) is 11.2 Å². The highest BCUT2D eigenvalue weighted by Gasteiger charge is 2.24. The quantitative estimate of drug-likeness (QED) is 0.435. The minimum absolute atomic E-state index is 0.223. The molecule has 1 N–H and O–H groups in total. The van der Waals surface area contributed by atoms with Crippen LogP contribution in [-0.4, -0.2) is 25.4 Å². The van der Waals surface area contributed by atoms with Crippen molar-refractivity contribution in [1.29, 1.82) is 0 Å². The standard InChI is InChI=1S/C25H24N2O6S/c1-25(2,3)21-14-18(27-10-9-22(28)26-24(27)29)13-20(23(21)32-4)17-6-5-16-12-19(33-34(30)31)8-7-15(16)11-17/h5-14H,1-4H3,(H,30,31)(H,26,28,29)/p-1. The maximum Gasteiger partial charge on any atom is 0.332 e. The molecular formula is C25H23N2O6S-. The fourth-order valence-corrected chi connectivity index (χ4v) is 4.15. The molecule has 1 unspecified atom stereocenters. The molecule has 9 heteroatoms. The van der Waals surface area contributed by atoms with Gasteiger partial charge in [-0.2, -0.15) is 0 Å². The van der Waals surface area contributed by atoms with Crippen molar-refractivity contribution in [2.24, 2.45) is 0 Å². The minimum Gasteiger partial charge on any atom is -0.740 e. The Bertz CT molecular complexity index is 1530. The lowest BCUT2D eigenvalue weighted by atomic mass is 9.83. The molecule has 8 nitrogen and oxygen atoms in total. The highest BCUT2D eigenvalue weighted by molar-refractivity contribution is 7.74. The first-order chi connectivity index (χ1) is 16.1. The third-order valence-electron chi connectivity index (χ3n) is 5.47. The van der Waals surface area contributed by atoms with Crippen LogP contribution in [0.3, 0.4) is 0 Å². The number of hydrogen-bond acceptors (Lipinski definition) is 6. The van der Waals surface area contributed by atoms with Crippen molar-refractivity contribution >= 4 is 22.1 Å². The fraction of sp³-hybridized carbons (Fsp3) is 0.200. The van der Waals surface area contributed by atoms with Gasteiger partial charge >= 0.3 is 5.69 Å². The Balaban J connectivity index is 1.95. The number of aromatic amines is 1. The van der Waals surface area contributed by atoms with Gasteiger partial charge in [0.05, 0.1) is 12.8 Å².